The van der Waals surface area contributed by atoms with E-state index in [1.807, 2.05) is 13.0 Å². The van der Waals surface area contributed by atoms with Gasteiger partial charge < -0.3 is 19.8 Å². The minimum Gasteiger partial charge on any atom is -0.459 e. The molecule has 0 aliphatic heterocycles. The summed E-state index contributed by atoms with van der Waals surface area (Å²) in [5.74, 6) is -1.69. The molecule has 0 saturated heterocycles. The van der Waals surface area contributed by atoms with Crippen molar-refractivity contribution in [2.45, 2.75) is 40.7 Å². The van der Waals surface area contributed by atoms with E-state index < -0.39 is 24.5 Å². The van der Waals surface area contributed by atoms with Gasteiger partial charge in [0.15, 0.2) is 6.61 Å². The molecule has 0 bridgehead atoms. The van der Waals surface area contributed by atoms with E-state index in [1.54, 1.807) is 39.8 Å². The number of carbonyl (C=O) groups excluding carboxylic acids is 3. The van der Waals surface area contributed by atoms with Gasteiger partial charge in [-0.15, -0.1) is 0 Å². The van der Waals surface area contributed by atoms with Crippen LogP contribution in [0, 0.1) is 20.8 Å². The average Bonchev–Trinajstić information content (AvgIpc) is 2.89. The van der Waals surface area contributed by atoms with Crippen molar-refractivity contribution in [1.29, 1.82) is 0 Å². The number of anilines is 1. The fourth-order valence-corrected chi connectivity index (χ4v) is 3.17. The monoisotopic (exact) mass is 450 g/mol. The Hall–Kier alpha value is -2.61. The number of aromatic amines is 1. The molecule has 2 N–H and O–H groups in total. The van der Waals surface area contributed by atoms with Crippen LogP contribution in [0.15, 0.2) is 22.7 Å². The first-order valence-corrected chi connectivity index (χ1v) is 9.52. The van der Waals surface area contributed by atoms with Crippen molar-refractivity contribution in [2.75, 3.05) is 11.9 Å². The molecule has 0 radical (unpaired) electrons. The van der Waals surface area contributed by atoms with Crippen molar-refractivity contribution < 1.29 is 23.9 Å². The molecule has 0 atom stereocenters. The molecule has 8 heteroatoms. The number of carbonyl (C=O) groups is 3. The Bertz CT molecular complexity index is 918. The van der Waals surface area contributed by atoms with Gasteiger partial charge in [0, 0.05) is 15.9 Å². The number of hydrogen-bond acceptors (Lipinski definition) is 5. The summed E-state index contributed by atoms with van der Waals surface area (Å²) in [6, 6.07) is 5.42. The first kappa shape index (κ1) is 21.7. The maximum atomic E-state index is 12.4. The predicted molar refractivity (Wildman–Crippen MR) is 109 cm³/mol. The Morgan fingerprint density at radius 1 is 1.14 bits per heavy atom. The molecule has 0 spiro atoms. The molecule has 150 valence electrons. The van der Waals surface area contributed by atoms with Crippen LogP contribution in [0.3, 0.4) is 0 Å². The highest BCUT2D eigenvalue weighted by atomic mass is 79.9. The van der Waals surface area contributed by atoms with Crippen LogP contribution in [0.4, 0.5) is 5.69 Å². The van der Waals surface area contributed by atoms with Crippen molar-refractivity contribution in [3.63, 3.8) is 0 Å². The highest BCUT2D eigenvalue weighted by Gasteiger charge is 2.24. The summed E-state index contributed by atoms with van der Waals surface area (Å²) in [4.78, 5) is 39.5. The number of hydrogen-bond donors (Lipinski definition) is 2. The summed E-state index contributed by atoms with van der Waals surface area (Å²) in [5.41, 5.74) is 2.87. The Morgan fingerprint density at radius 2 is 1.82 bits per heavy atom. The second-order valence-corrected chi connectivity index (χ2v) is 7.58. The fourth-order valence-electron chi connectivity index (χ4n) is 2.69. The van der Waals surface area contributed by atoms with Gasteiger partial charge in [-0.2, -0.15) is 0 Å². The van der Waals surface area contributed by atoms with Gasteiger partial charge >= 0.3 is 11.9 Å². The minimum absolute atomic E-state index is 0.126. The predicted octanol–water partition coefficient (Wildman–Crippen LogP) is 4.06. The van der Waals surface area contributed by atoms with E-state index in [4.69, 9.17) is 9.47 Å². The second kappa shape index (κ2) is 9.05. The van der Waals surface area contributed by atoms with Crippen molar-refractivity contribution in [3.05, 3.63) is 50.8 Å². The van der Waals surface area contributed by atoms with Crippen LogP contribution in [0.2, 0.25) is 0 Å². The van der Waals surface area contributed by atoms with Crippen molar-refractivity contribution in [2.24, 2.45) is 0 Å². The van der Waals surface area contributed by atoms with E-state index in [1.165, 1.54) is 0 Å². The van der Waals surface area contributed by atoms with Crippen LogP contribution in [-0.2, 0) is 14.3 Å². The van der Waals surface area contributed by atoms with Gasteiger partial charge in [0.1, 0.15) is 5.69 Å². The fraction of sp³-hybridized carbons (Fsp3) is 0.350. The number of H-pyrrole nitrogens is 1. The standard InChI is InChI=1S/C20H23BrN2O5/c1-10(2)28-19(25)17-12(4)18(22-13(17)5)20(26)27-9-16(24)23-15-7-6-14(21)8-11(15)3/h6-8,10,22H,9H2,1-5H3,(H,23,24). The zero-order valence-electron chi connectivity index (χ0n) is 16.4. The largest absolute Gasteiger partial charge is 0.459 e. The van der Waals surface area contributed by atoms with Gasteiger partial charge in [-0.1, -0.05) is 15.9 Å². The molecule has 2 aromatic rings. The van der Waals surface area contributed by atoms with Gasteiger partial charge in [0.2, 0.25) is 0 Å². The topological polar surface area (TPSA) is 97.5 Å². The van der Waals surface area contributed by atoms with Crippen molar-refractivity contribution in [3.8, 4) is 0 Å². The molecule has 1 aromatic heterocycles. The van der Waals surface area contributed by atoms with E-state index in [2.05, 4.69) is 26.2 Å². The minimum atomic E-state index is -0.716. The molecule has 28 heavy (non-hydrogen) atoms. The first-order chi connectivity index (χ1) is 13.1. The third kappa shape index (κ3) is 5.22. The van der Waals surface area contributed by atoms with Gasteiger partial charge in [0.05, 0.1) is 11.7 Å². The molecular weight excluding hydrogens is 428 g/mol. The molecule has 7 nitrogen and oxygen atoms in total. The van der Waals surface area contributed by atoms with Gasteiger partial charge in [-0.3, -0.25) is 4.79 Å². The number of nitrogens with one attached hydrogen (secondary N) is 2. The molecule has 2 rings (SSSR count). The van der Waals surface area contributed by atoms with E-state index in [0.717, 1.165) is 10.0 Å². The van der Waals surface area contributed by atoms with Crippen LogP contribution in [-0.4, -0.2) is 35.5 Å². The number of rotatable bonds is 6. The normalized spacial score (nSPS) is 10.7. The smallest absolute Gasteiger partial charge is 0.355 e. The van der Waals surface area contributed by atoms with Crippen LogP contribution < -0.4 is 5.32 Å². The SMILES string of the molecule is Cc1cc(Br)ccc1NC(=O)COC(=O)c1[nH]c(C)c(C(=O)OC(C)C)c1C. The molecule has 0 saturated carbocycles. The lowest BCUT2D eigenvalue weighted by Gasteiger charge is -2.09. The first-order valence-electron chi connectivity index (χ1n) is 8.73. The number of benzene rings is 1. The van der Waals surface area contributed by atoms with E-state index in [0.29, 0.717) is 22.5 Å². The van der Waals surface area contributed by atoms with Gasteiger partial charge in [0.25, 0.3) is 5.91 Å². The quantitative estimate of drug-likeness (QED) is 0.646. The Balaban J connectivity index is 2.03. The lowest BCUT2D eigenvalue weighted by molar-refractivity contribution is -0.119. The molecule has 1 aromatic carbocycles. The maximum Gasteiger partial charge on any atom is 0.355 e. The maximum absolute atomic E-state index is 12.4. The van der Waals surface area contributed by atoms with Crippen LogP contribution in [0.25, 0.3) is 0 Å². The van der Waals surface area contributed by atoms with Crippen LogP contribution >= 0.6 is 15.9 Å². The summed E-state index contributed by atoms with van der Waals surface area (Å²) in [7, 11) is 0. The van der Waals surface area contributed by atoms with Gasteiger partial charge in [-0.25, -0.2) is 9.59 Å². The molecule has 0 aliphatic rings. The highest BCUT2D eigenvalue weighted by Crippen LogP contribution is 2.21. The molecular formula is C20H23BrN2O5. The molecule has 1 heterocycles. The lowest BCUT2D eigenvalue weighted by atomic mass is 10.1. The number of ether oxygens (including phenoxy) is 2. The van der Waals surface area contributed by atoms with Crippen molar-refractivity contribution >= 4 is 39.5 Å². The Kier molecular flexibility index (Phi) is 7.01. The number of esters is 2. The summed E-state index contributed by atoms with van der Waals surface area (Å²) in [6.45, 7) is 8.20. The molecule has 0 aliphatic carbocycles. The molecule has 1 amide bonds. The third-order valence-corrected chi connectivity index (χ3v) is 4.48. The van der Waals surface area contributed by atoms with Crippen molar-refractivity contribution in [1.82, 2.24) is 4.98 Å². The summed E-state index contributed by atoms with van der Waals surface area (Å²) in [5, 5.41) is 2.69. The number of halogens is 1. The number of aryl methyl sites for hydroxylation is 2. The zero-order chi connectivity index (χ0) is 21.0. The van der Waals surface area contributed by atoms with E-state index >= 15 is 0 Å². The number of aromatic nitrogens is 1. The summed E-state index contributed by atoms with van der Waals surface area (Å²) >= 11 is 3.36. The summed E-state index contributed by atoms with van der Waals surface area (Å²) < 4.78 is 11.2. The number of amides is 1. The lowest BCUT2D eigenvalue weighted by Crippen LogP contribution is -2.21. The second-order valence-electron chi connectivity index (χ2n) is 6.66. The van der Waals surface area contributed by atoms with Gasteiger partial charge in [-0.05, 0) is 63.9 Å². The highest BCUT2D eigenvalue weighted by molar-refractivity contribution is 9.10. The molecule has 0 fully saturated rings. The van der Waals surface area contributed by atoms with E-state index in [-0.39, 0.29) is 11.8 Å². The average molecular weight is 451 g/mol. The van der Waals surface area contributed by atoms with Crippen LogP contribution in [0.5, 0.6) is 0 Å². The molecule has 0 unspecified atom stereocenters. The Morgan fingerprint density at radius 3 is 2.43 bits per heavy atom. The zero-order valence-corrected chi connectivity index (χ0v) is 18.0. The Labute approximate surface area is 171 Å². The summed E-state index contributed by atoms with van der Waals surface area (Å²) in [6.07, 6.45) is -0.276. The van der Waals surface area contributed by atoms with Crippen LogP contribution in [0.1, 0.15) is 51.5 Å². The van der Waals surface area contributed by atoms with E-state index in [9.17, 15) is 14.4 Å². The third-order valence-electron chi connectivity index (χ3n) is 3.99.